The second kappa shape index (κ2) is 4.89. The molecule has 5 nitrogen and oxygen atoms in total. The molecule has 92 valence electrons. The van der Waals surface area contributed by atoms with Crippen molar-refractivity contribution in [2.75, 3.05) is 25.5 Å². The molecule has 1 unspecified atom stereocenters. The number of likely N-dealkylation sites (N-methyl/N-ethyl adjacent to an activating group) is 1. The Morgan fingerprint density at radius 1 is 1.59 bits per heavy atom. The van der Waals surface area contributed by atoms with Crippen LogP contribution < -0.4 is 5.32 Å². The van der Waals surface area contributed by atoms with Gasteiger partial charge in [0.25, 0.3) is 5.69 Å². The molecule has 0 radical (unpaired) electrons. The zero-order valence-corrected chi connectivity index (χ0v) is 10.3. The van der Waals surface area contributed by atoms with Crippen molar-refractivity contribution in [2.45, 2.75) is 12.5 Å². The third-order valence-electron chi connectivity index (χ3n) is 2.91. The average Bonchev–Trinajstić information content (AvgIpc) is 2.67. The summed E-state index contributed by atoms with van der Waals surface area (Å²) in [5.74, 6) is 0. The summed E-state index contributed by atoms with van der Waals surface area (Å²) in [7, 11) is 2.05. The first kappa shape index (κ1) is 12.1. The summed E-state index contributed by atoms with van der Waals surface area (Å²) in [5, 5.41) is 14.5. The minimum atomic E-state index is -0.414. The van der Waals surface area contributed by atoms with Crippen LogP contribution in [0.3, 0.4) is 0 Å². The molecule has 1 aromatic carbocycles. The zero-order valence-electron chi connectivity index (χ0n) is 9.52. The van der Waals surface area contributed by atoms with E-state index in [2.05, 4.69) is 17.3 Å². The van der Waals surface area contributed by atoms with E-state index in [0.717, 1.165) is 19.5 Å². The van der Waals surface area contributed by atoms with Crippen LogP contribution in [0.15, 0.2) is 18.2 Å². The lowest BCUT2D eigenvalue weighted by Gasteiger charge is -2.15. The lowest BCUT2D eigenvalue weighted by atomic mass is 10.2. The minimum absolute atomic E-state index is 0.0586. The Hall–Kier alpha value is -1.33. The van der Waals surface area contributed by atoms with Crippen molar-refractivity contribution < 1.29 is 4.92 Å². The molecule has 0 bridgehead atoms. The number of nitro groups is 1. The predicted octanol–water partition coefficient (Wildman–Crippen LogP) is 2.36. The molecule has 1 heterocycles. The summed E-state index contributed by atoms with van der Waals surface area (Å²) < 4.78 is 0. The van der Waals surface area contributed by atoms with Crippen LogP contribution in [-0.2, 0) is 0 Å². The Kier molecular flexibility index (Phi) is 3.49. The number of benzene rings is 1. The van der Waals surface area contributed by atoms with Crippen molar-refractivity contribution in [3.63, 3.8) is 0 Å². The maximum atomic E-state index is 10.7. The Morgan fingerprint density at radius 2 is 2.35 bits per heavy atom. The summed E-state index contributed by atoms with van der Waals surface area (Å²) in [5.41, 5.74) is 0.699. The van der Waals surface area contributed by atoms with Gasteiger partial charge in [-0.25, -0.2) is 0 Å². The van der Waals surface area contributed by atoms with Crippen LogP contribution in [-0.4, -0.2) is 36.0 Å². The molecule has 0 saturated carbocycles. The molecule has 0 aromatic heterocycles. The van der Waals surface area contributed by atoms with Crippen molar-refractivity contribution in [3.05, 3.63) is 33.3 Å². The topological polar surface area (TPSA) is 58.4 Å². The highest BCUT2D eigenvalue weighted by molar-refractivity contribution is 6.33. The largest absolute Gasteiger partial charge is 0.380 e. The number of hydrogen-bond donors (Lipinski definition) is 1. The Bertz CT molecular complexity index is 439. The van der Waals surface area contributed by atoms with Crippen molar-refractivity contribution >= 4 is 23.0 Å². The molecule has 2 rings (SSSR count). The van der Waals surface area contributed by atoms with Gasteiger partial charge in [0, 0.05) is 24.7 Å². The summed E-state index contributed by atoms with van der Waals surface area (Å²) in [6.07, 6.45) is 1.02. The van der Waals surface area contributed by atoms with Gasteiger partial charge in [0.1, 0.15) is 0 Å². The molecule has 1 atom stereocenters. The fourth-order valence-corrected chi connectivity index (χ4v) is 2.18. The molecule has 1 saturated heterocycles. The van der Waals surface area contributed by atoms with Crippen LogP contribution >= 0.6 is 11.6 Å². The SMILES string of the molecule is CN1CCC(Nc2cc([N+](=O)[O-])ccc2Cl)C1. The molecular weight excluding hydrogens is 242 g/mol. The Morgan fingerprint density at radius 3 is 2.94 bits per heavy atom. The fourth-order valence-electron chi connectivity index (χ4n) is 2.01. The predicted molar refractivity (Wildman–Crippen MR) is 67.6 cm³/mol. The van der Waals surface area contributed by atoms with E-state index in [1.54, 1.807) is 6.07 Å². The quantitative estimate of drug-likeness (QED) is 0.665. The average molecular weight is 256 g/mol. The van der Waals surface area contributed by atoms with Gasteiger partial charge in [-0.2, -0.15) is 0 Å². The van der Waals surface area contributed by atoms with E-state index in [1.165, 1.54) is 12.1 Å². The van der Waals surface area contributed by atoms with Crippen molar-refractivity contribution in [2.24, 2.45) is 0 Å². The highest BCUT2D eigenvalue weighted by Crippen LogP contribution is 2.28. The van der Waals surface area contributed by atoms with Crippen molar-refractivity contribution in [3.8, 4) is 0 Å². The van der Waals surface area contributed by atoms with Gasteiger partial charge in [-0.3, -0.25) is 10.1 Å². The standard InChI is InChI=1S/C11H14ClN3O2/c1-14-5-4-8(7-14)13-11-6-9(15(16)17)2-3-10(11)12/h2-3,6,8,13H,4-5,7H2,1H3. The number of rotatable bonds is 3. The van der Waals surface area contributed by atoms with E-state index in [0.29, 0.717) is 16.8 Å². The monoisotopic (exact) mass is 255 g/mol. The normalized spacial score (nSPS) is 20.5. The second-order valence-corrected chi connectivity index (χ2v) is 4.72. The lowest BCUT2D eigenvalue weighted by molar-refractivity contribution is -0.384. The van der Waals surface area contributed by atoms with Crippen LogP contribution in [0.25, 0.3) is 0 Å². The van der Waals surface area contributed by atoms with Gasteiger partial charge < -0.3 is 10.2 Å². The summed E-state index contributed by atoms with van der Waals surface area (Å²) >= 11 is 6.02. The van der Waals surface area contributed by atoms with E-state index in [4.69, 9.17) is 11.6 Å². The van der Waals surface area contributed by atoms with Gasteiger partial charge >= 0.3 is 0 Å². The first-order valence-corrected chi connectivity index (χ1v) is 5.83. The van der Waals surface area contributed by atoms with Crippen LogP contribution in [0.2, 0.25) is 5.02 Å². The van der Waals surface area contributed by atoms with E-state index < -0.39 is 4.92 Å². The maximum Gasteiger partial charge on any atom is 0.271 e. The number of nitrogens with zero attached hydrogens (tertiary/aromatic N) is 2. The van der Waals surface area contributed by atoms with Crippen molar-refractivity contribution in [1.29, 1.82) is 0 Å². The number of nitrogens with one attached hydrogen (secondary N) is 1. The van der Waals surface area contributed by atoms with E-state index in [9.17, 15) is 10.1 Å². The molecule has 6 heteroatoms. The number of likely N-dealkylation sites (tertiary alicyclic amines) is 1. The highest BCUT2D eigenvalue weighted by atomic mass is 35.5. The van der Waals surface area contributed by atoms with Gasteiger partial charge in [0.05, 0.1) is 15.6 Å². The fraction of sp³-hybridized carbons (Fsp3) is 0.455. The minimum Gasteiger partial charge on any atom is -0.380 e. The maximum absolute atomic E-state index is 10.7. The first-order valence-electron chi connectivity index (χ1n) is 5.45. The van der Waals surface area contributed by atoms with Crippen LogP contribution in [0.1, 0.15) is 6.42 Å². The molecule has 0 amide bonds. The summed E-state index contributed by atoms with van der Waals surface area (Å²) in [6.45, 7) is 1.96. The second-order valence-electron chi connectivity index (χ2n) is 4.31. The van der Waals surface area contributed by atoms with Gasteiger partial charge in [0.2, 0.25) is 0 Å². The number of halogens is 1. The Balaban J connectivity index is 2.14. The van der Waals surface area contributed by atoms with E-state index in [-0.39, 0.29) is 5.69 Å². The van der Waals surface area contributed by atoms with E-state index in [1.807, 2.05) is 0 Å². The molecule has 1 aromatic rings. The number of anilines is 1. The number of non-ortho nitro benzene ring substituents is 1. The molecule has 1 aliphatic heterocycles. The Labute approximate surface area is 105 Å². The van der Waals surface area contributed by atoms with Crippen molar-refractivity contribution in [1.82, 2.24) is 4.90 Å². The zero-order chi connectivity index (χ0) is 12.4. The third kappa shape index (κ3) is 2.87. The lowest BCUT2D eigenvalue weighted by Crippen LogP contribution is -2.23. The first-order chi connectivity index (χ1) is 8.06. The summed E-state index contributed by atoms with van der Waals surface area (Å²) in [4.78, 5) is 12.5. The van der Waals surface area contributed by atoms with Gasteiger partial charge in [-0.05, 0) is 26.1 Å². The molecule has 0 spiro atoms. The van der Waals surface area contributed by atoms with E-state index >= 15 is 0 Å². The van der Waals surface area contributed by atoms with Crippen LogP contribution in [0.4, 0.5) is 11.4 Å². The van der Waals surface area contributed by atoms with Gasteiger partial charge in [0.15, 0.2) is 0 Å². The highest BCUT2D eigenvalue weighted by Gasteiger charge is 2.20. The third-order valence-corrected chi connectivity index (χ3v) is 3.24. The number of nitro benzene ring substituents is 1. The molecular formula is C11H14ClN3O2. The van der Waals surface area contributed by atoms with Crippen LogP contribution in [0, 0.1) is 10.1 Å². The molecule has 1 N–H and O–H groups in total. The van der Waals surface area contributed by atoms with Gasteiger partial charge in [-0.1, -0.05) is 11.6 Å². The number of hydrogen-bond acceptors (Lipinski definition) is 4. The molecule has 17 heavy (non-hydrogen) atoms. The molecule has 1 aliphatic rings. The molecule has 1 fully saturated rings. The van der Waals surface area contributed by atoms with Crippen LogP contribution in [0.5, 0.6) is 0 Å². The van der Waals surface area contributed by atoms with Gasteiger partial charge in [-0.15, -0.1) is 0 Å². The summed E-state index contributed by atoms with van der Waals surface area (Å²) in [6, 6.07) is 4.76. The smallest absolute Gasteiger partial charge is 0.271 e. The molecule has 0 aliphatic carbocycles.